The summed E-state index contributed by atoms with van der Waals surface area (Å²) in [5.74, 6) is 0. The number of anilines is 1. The first kappa shape index (κ1) is 14.3. The molecule has 1 aromatic heterocycles. The van der Waals surface area contributed by atoms with Gasteiger partial charge in [-0.25, -0.2) is 0 Å². The first-order valence-corrected chi connectivity index (χ1v) is 7.71. The molecule has 0 amide bonds. The number of likely N-dealkylation sites (tertiary alicyclic amines) is 1. The monoisotopic (exact) mass is 285 g/mol. The molecule has 0 aliphatic carbocycles. The van der Waals surface area contributed by atoms with Gasteiger partial charge in [-0.15, -0.1) is 0 Å². The minimum Gasteiger partial charge on any atom is -0.395 e. The molecule has 0 bridgehead atoms. The molecule has 21 heavy (non-hydrogen) atoms. The van der Waals surface area contributed by atoms with Gasteiger partial charge in [0.15, 0.2) is 0 Å². The Hall–Kier alpha value is -1.65. The minimum absolute atomic E-state index is 0.258. The Labute approximate surface area is 125 Å². The Kier molecular flexibility index (Phi) is 4.36. The van der Waals surface area contributed by atoms with Crippen molar-refractivity contribution in [2.45, 2.75) is 25.8 Å². The van der Waals surface area contributed by atoms with Gasteiger partial charge in [0.05, 0.1) is 6.61 Å². The van der Waals surface area contributed by atoms with Gasteiger partial charge < -0.3 is 15.3 Å². The van der Waals surface area contributed by atoms with Crippen LogP contribution >= 0.6 is 0 Å². The van der Waals surface area contributed by atoms with Gasteiger partial charge in [0, 0.05) is 54.5 Å². The van der Waals surface area contributed by atoms with Crippen LogP contribution in [0.2, 0.25) is 0 Å². The Morgan fingerprint density at radius 3 is 2.86 bits per heavy atom. The predicted molar refractivity (Wildman–Crippen MR) is 86.7 cm³/mol. The van der Waals surface area contributed by atoms with Crippen molar-refractivity contribution >= 4 is 16.5 Å². The van der Waals surface area contributed by atoms with Gasteiger partial charge in [0.2, 0.25) is 0 Å². The summed E-state index contributed by atoms with van der Waals surface area (Å²) < 4.78 is 0. The van der Waals surface area contributed by atoms with Crippen molar-refractivity contribution in [2.75, 3.05) is 31.6 Å². The molecule has 2 heterocycles. The summed E-state index contributed by atoms with van der Waals surface area (Å²) in [4.78, 5) is 6.60. The number of nitrogens with one attached hydrogen (secondary N) is 1. The molecule has 0 saturated carbocycles. The predicted octanol–water partition coefficient (Wildman–Crippen LogP) is 2.41. The average molecular weight is 285 g/mol. The lowest BCUT2D eigenvalue weighted by atomic mass is 10.0. The quantitative estimate of drug-likeness (QED) is 0.905. The van der Waals surface area contributed by atoms with E-state index in [2.05, 4.69) is 40.3 Å². The molecule has 112 valence electrons. The summed E-state index contributed by atoms with van der Waals surface area (Å²) in [5.41, 5.74) is 2.43. The molecule has 1 fully saturated rings. The molecular formula is C17H23N3O. The highest BCUT2D eigenvalue weighted by atomic mass is 16.3. The third-order valence-corrected chi connectivity index (χ3v) is 4.34. The van der Waals surface area contributed by atoms with Crippen LogP contribution < -0.4 is 5.32 Å². The molecule has 2 aromatic rings. The van der Waals surface area contributed by atoms with E-state index < -0.39 is 0 Å². The van der Waals surface area contributed by atoms with E-state index in [1.165, 1.54) is 22.0 Å². The zero-order valence-corrected chi connectivity index (χ0v) is 12.5. The second-order valence-corrected chi connectivity index (χ2v) is 5.84. The molecule has 1 aliphatic heterocycles. The van der Waals surface area contributed by atoms with E-state index in [0.29, 0.717) is 6.04 Å². The fraction of sp³-hybridized carbons (Fsp3) is 0.471. The lowest BCUT2D eigenvalue weighted by molar-refractivity contribution is 0.168. The number of aliphatic hydroxyl groups excluding tert-OH is 1. The number of nitrogens with zero attached hydrogens (tertiary/aromatic N) is 2. The van der Waals surface area contributed by atoms with Crippen LogP contribution in [0.5, 0.6) is 0 Å². The van der Waals surface area contributed by atoms with Crippen LogP contribution in [-0.4, -0.2) is 47.3 Å². The summed E-state index contributed by atoms with van der Waals surface area (Å²) in [6.07, 6.45) is 6.11. The highest BCUT2D eigenvalue weighted by molar-refractivity contribution is 5.95. The third kappa shape index (κ3) is 3.17. The van der Waals surface area contributed by atoms with Gasteiger partial charge in [-0.2, -0.15) is 0 Å². The van der Waals surface area contributed by atoms with Crippen LogP contribution in [0.3, 0.4) is 0 Å². The summed E-state index contributed by atoms with van der Waals surface area (Å²) in [7, 11) is 0. The van der Waals surface area contributed by atoms with Gasteiger partial charge in [-0.3, -0.25) is 4.98 Å². The van der Waals surface area contributed by atoms with Crippen molar-refractivity contribution in [2.24, 2.45) is 0 Å². The number of pyridine rings is 1. The number of fused-ring (bicyclic) bond motifs is 1. The van der Waals surface area contributed by atoms with E-state index >= 15 is 0 Å². The van der Waals surface area contributed by atoms with Crippen LogP contribution in [0.25, 0.3) is 10.8 Å². The van der Waals surface area contributed by atoms with Crippen LogP contribution in [0.1, 0.15) is 18.4 Å². The second kappa shape index (κ2) is 6.41. The molecule has 4 heteroatoms. The molecule has 4 nitrogen and oxygen atoms in total. The van der Waals surface area contributed by atoms with E-state index in [0.717, 1.165) is 32.5 Å². The smallest absolute Gasteiger partial charge is 0.0558 e. The van der Waals surface area contributed by atoms with Gasteiger partial charge in [-0.1, -0.05) is 12.1 Å². The highest BCUT2D eigenvalue weighted by Gasteiger charge is 2.19. The zero-order valence-electron chi connectivity index (χ0n) is 12.5. The SMILES string of the molecule is Cc1cncc2cccc(NC3CCN(CCO)CC3)c12. The molecule has 0 unspecified atom stereocenters. The topological polar surface area (TPSA) is 48.4 Å². The third-order valence-electron chi connectivity index (χ3n) is 4.34. The lowest BCUT2D eigenvalue weighted by Crippen LogP contribution is -2.40. The molecule has 1 aromatic carbocycles. The Morgan fingerprint density at radius 1 is 1.29 bits per heavy atom. The van der Waals surface area contributed by atoms with Crippen molar-refractivity contribution in [1.82, 2.24) is 9.88 Å². The number of aryl methyl sites for hydroxylation is 1. The molecule has 3 rings (SSSR count). The number of benzene rings is 1. The number of hydrogen-bond acceptors (Lipinski definition) is 4. The highest BCUT2D eigenvalue weighted by Crippen LogP contribution is 2.27. The van der Waals surface area contributed by atoms with Gasteiger partial charge in [0.25, 0.3) is 0 Å². The van der Waals surface area contributed by atoms with Gasteiger partial charge >= 0.3 is 0 Å². The Morgan fingerprint density at radius 2 is 2.10 bits per heavy atom. The largest absolute Gasteiger partial charge is 0.395 e. The molecule has 0 radical (unpaired) electrons. The number of aromatic nitrogens is 1. The number of hydrogen-bond donors (Lipinski definition) is 2. The first-order valence-electron chi connectivity index (χ1n) is 7.71. The van der Waals surface area contributed by atoms with E-state index in [4.69, 9.17) is 5.11 Å². The van der Waals surface area contributed by atoms with E-state index in [9.17, 15) is 0 Å². The Balaban J connectivity index is 1.74. The molecule has 0 spiro atoms. The summed E-state index contributed by atoms with van der Waals surface area (Å²) in [6.45, 7) is 5.29. The Bertz CT molecular complexity index is 601. The van der Waals surface area contributed by atoms with Crippen LogP contribution in [0.15, 0.2) is 30.6 Å². The zero-order chi connectivity index (χ0) is 14.7. The number of aliphatic hydroxyl groups is 1. The van der Waals surface area contributed by atoms with Crippen molar-refractivity contribution in [3.63, 3.8) is 0 Å². The van der Waals surface area contributed by atoms with Crippen LogP contribution in [-0.2, 0) is 0 Å². The summed E-state index contributed by atoms with van der Waals surface area (Å²) in [5, 5.41) is 15.2. The fourth-order valence-corrected chi connectivity index (χ4v) is 3.19. The molecule has 1 saturated heterocycles. The molecule has 1 aliphatic rings. The molecule has 0 atom stereocenters. The maximum atomic E-state index is 9.01. The molecular weight excluding hydrogens is 262 g/mol. The number of β-amino-alcohol motifs (C(OH)–C–C–N with tert-alkyl or cyclic N) is 1. The van der Waals surface area contributed by atoms with E-state index in [1.54, 1.807) is 0 Å². The standard InChI is InChI=1S/C17H23N3O/c1-13-11-18-12-14-3-2-4-16(17(13)14)19-15-5-7-20(8-6-15)9-10-21/h2-4,11-12,15,19,21H,5-10H2,1H3. The first-order chi connectivity index (χ1) is 10.3. The fourth-order valence-electron chi connectivity index (χ4n) is 3.19. The van der Waals surface area contributed by atoms with Gasteiger partial charge in [0.1, 0.15) is 0 Å². The van der Waals surface area contributed by atoms with Crippen molar-refractivity contribution in [3.8, 4) is 0 Å². The maximum absolute atomic E-state index is 9.01. The number of rotatable bonds is 4. The van der Waals surface area contributed by atoms with Gasteiger partial charge in [-0.05, 0) is 31.4 Å². The number of piperidine rings is 1. The van der Waals surface area contributed by atoms with Crippen molar-refractivity contribution in [3.05, 3.63) is 36.2 Å². The second-order valence-electron chi connectivity index (χ2n) is 5.84. The lowest BCUT2D eigenvalue weighted by Gasteiger charge is -2.32. The van der Waals surface area contributed by atoms with Crippen molar-refractivity contribution < 1.29 is 5.11 Å². The maximum Gasteiger partial charge on any atom is 0.0558 e. The summed E-state index contributed by atoms with van der Waals surface area (Å²) in [6, 6.07) is 6.88. The minimum atomic E-state index is 0.258. The summed E-state index contributed by atoms with van der Waals surface area (Å²) >= 11 is 0. The van der Waals surface area contributed by atoms with Crippen LogP contribution in [0.4, 0.5) is 5.69 Å². The average Bonchev–Trinajstić information content (AvgIpc) is 2.50. The van der Waals surface area contributed by atoms with E-state index in [1.807, 2.05) is 12.4 Å². The normalized spacial score (nSPS) is 17.2. The molecule has 2 N–H and O–H groups in total. The van der Waals surface area contributed by atoms with Crippen molar-refractivity contribution in [1.29, 1.82) is 0 Å². The van der Waals surface area contributed by atoms with E-state index in [-0.39, 0.29) is 6.61 Å². The van der Waals surface area contributed by atoms with Crippen LogP contribution in [0, 0.1) is 6.92 Å².